The average Bonchev–Trinajstić information content (AvgIpc) is 2.15. The van der Waals surface area contributed by atoms with Crippen molar-refractivity contribution in [3.8, 4) is 0 Å². The summed E-state index contributed by atoms with van der Waals surface area (Å²) in [7, 11) is 0. The van der Waals surface area contributed by atoms with Crippen molar-refractivity contribution >= 4 is 0 Å². The van der Waals surface area contributed by atoms with E-state index in [1.54, 1.807) is 0 Å². The van der Waals surface area contributed by atoms with Gasteiger partial charge in [-0.15, -0.1) is 0 Å². The molecule has 0 spiro atoms. The van der Waals surface area contributed by atoms with Crippen LogP contribution in [0.4, 0.5) is 0 Å². The highest BCUT2D eigenvalue weighted by Gasteiger charge is 2.40. The molecule has 0 fully saturated rings. The van der Waals surface area contributed by atoms with Gasteiger partial charge in [-0.2, -0.15) is 0 Å². The van der Waals surface area contributed by atoms with Crippen molar-refractivity contribution in [3.05, 3.63) is 22.8 Å². The zero-order chi connectivity index (χ0) is 10.4. The van der Waals surface area contributed by atoms with Crippen molar-refractivity contribution in [2.45, 2.75) is 48.5 Å². The first-order valence-electron chi connectivity index (χ1n) is 5.08. The minimum Gasteiger partial charge on any atom is -0.0708 e. The standard InChI is InChI=1S/C13H22/c1-9-8-13(7,12(4,5)6)11(3)10(9)2/h8H,1-7H3. The van der Waals surface area contributed by atoms with Crippen LogP contribution < -0.4 is 0 Å². The fourth-order valence-corrected chi connectivity index (χ4v) is 2.11. The summed E-state index contributed by atoms with van der Waals surface area (Å²) in [6.07, 6.45) is 2.43. The van der Waals surface area contributed by atoms with Crippen molar-refractivity contribution < 1.29 is 0 Å². The molecule has 0 bridgehead atoms. The number of rotatable bonds is 0. The van der Waals surface area contributed by atoms with Crippen molar-refractivity contribution in [2.75, 3.05) is 0 Å². The number of hydrogen-bond donors (Lipinski definition) is 0. The van der Waals surface area contributed by atoms with E-state index in [9.17, 15) is 0 Å². The normalized spacial score (nSPS) is 29.6. The molecule has 0 aromatic rings. The predicted molar refractivity (Wildman–Crippen MR) is 59.7 cm³/mol. The Labute approximate surface area is 82.7 Å². The lowest BCUT2D eigenvalue weighted by Gasteiger charge is -2.39. The minimum atomic E-state index is 0.251. The maximum absolute atomic E-state index is 2.43. The molecule has 0 N–H and O–H groups in total. The van der Waals surface area contributed by atoms with E-state index in [2.05, 4.69) is 54.5 Å². The first-order valence-corrected chi connectivity index (χ1v) is 5.08. The summed E-state index contributed by atoms with van der Waals surface area (Å²) in [5, 5.41) is 0. The third-order valence-electron chi connectivity index (χ3n) is 4.00. The Morgan fingerprint density at radius 1 is 1.08 bits per heavy atom. The molecule has 1 unspecified atom stereocenters. The first kappa shape index (κ1) is 10.6. The van der Waals surface area contributed by atoms with E-state index in [-0.39, 0.29) is 5.41 Å². The van der Waals surface area contributed by atoms with Crippen LogP contribution in [0, 0.1) is 10.8 Å². The van der Waals surface area contributed by atoms with Crippen LogP contribution in [-0.4, -0.2) is 0 Å². The third-order valence-corrected chi connectivity index (χ3v) is 4.00. The number of allylic oxidation sites excluding steroid dienone is 4. The molecular formula is C13H22. The zero-order valence-corrected chi connectivity index (χ0v) is 10.1. The van der Waals surface area contributed by atoms with Gasteiger partial charge in [-0.25, -0.2) is 0 Å². The number of hydrogen-bond acceptors (Lipinski definition) is 0. The van der Waals surface area contributed by atoms with E-state index in [1.807, 2.05) is 0 Å². The smallest absolute Gasteiger partial charge is 0.0120 e. The van der Waals surface area contributed by atoms with Crippen molar-refractivity contribution in [2.24, 2.45) is 10.8 Å². The van der Waals surface area contributed by atoms with Crippen LogP contribution in [0.15, 0.2) is 22.8 Å². The lowest BCUT2D eigenvalue weighted by molar-refractivity contribution is 0.215. The molecule has 0 radical (unpaired) electrons. The van der Waals surface area contributed by atoms with Gasteiger partial charge in [0.1, 0.15) is 0 Å². The first-order chi connectivity index (χ1) is 5.70. The highest BCUT2D eigenvalue weighted by atomic mass is 14.4. The fraction of sp³-hybridized carbons (Fsp3) is 0.692. The maximum atomic E-state index is 2.43. The SMILES string of the molecule is CC1=CC(C)(C(C)(C)C)C(C)=C1C. The molecule has 0 amide bonds. The summed E-state index contributed by atoms with van der Waals surface area (Å²) < 4.78 is 0. The summed E-state index contributed by atoms with van der Waals surface area (Å²) in [6.45, 7) is 16.0. The molecular weight excluding hydrogens is 156 g/mol. The van der Waals surface area contributed by atoms with Gasteiger partial charge in [0.2, 0.25) is 0 Å². The third kappa shape index (κ3) is 1.37. The molecule has 0 heterocycles. The van der Waals surface area contributed by atoms with E-state index >= 15 is 0 Å². The highest BCUT2D eigenvalue weighted by molar-refractivity contribution is 5.46. The summed E-state index contributed by atoms with van der Waals surface area (Å²) in [6, 6.07) is 0. The summed E-state index contributed by atoms with van der Waals surface area (Å²) >= 11 is 0. The van der Waals surface area contributed by atoms with Gasteiger partial charge in [-0.1, -0.05) is 44.9 Å². The molecule has 0 saturated carbocycles. The zero-order valence-electron chi connectivity index (χ0n) is 10.1. The van der Waals surface area contributed by atoms with Crippen molar-refractivity contribution in [1.82, 2.24) is 0 Å². The van der Waals surface area contributed by atoms with Crippen molar-refractivity contribution in [1.29, 1.82) is 0 Å². The van der Waals surface area contributed by atoms with E-state index < -0.39 is 0 Å². The maximum Gasteiger partial charge on any atom is 0.0120 e. The monoisotopic (exact) mass is 178 g/mol. The topological polar surface area (TPSA) is 0 Å². The minimum absolute atomic E-state index is 0.251. The Morgan fingerprint density at radius 3 is 1.69 bits per heavy atom. The Kier molecular flexibility index (Phi) is 2.22. The lowest BCUT2D eigenvalue weighted by Crippen LogP contribution is -2.30. The van der Waals surface area contributed by atoms with Gasteiger partial charge in [0.25, 0.3) is 0 Å². The van der Waals surface area contributed by atoms with Crippen LogP contribution in [0.1, 0.15) is 48.5 Å². The molecule has 0 saturated heterocycles. The summed E-state index contributed by atoms with van der Waals surface area (Å²) in [5.41, 5.74) is 5.04. The van der Waals surface area contributed by atoms with Crippen LogP contribution in [0.2, 0.25) is 0 Å². The lowest BCUT2D eigenvalue weighted by atomic mass is 9.65. The Morgan fingerprint density at radius 2 is 1.54 bits per heavy atom. The molecule has 1 rings (SSSR count). The van der Waals surface area contributed by atoms with Gasteiger partial charge < -0.3 is 0 Å². The Balaban J connectivity index is 3.25. The second kappa shape index (κ2) is 2.73. The van der Waals surface area contributed by atoms with Gasteiger partial charge in [-0.3, -0.25) is 0 Å². The fourth-order valence-electron chi connectivity index (χ4n) is 2.11. The quantitative estimate of drug-likeness (QED) is 0.518. The van der Waals surface area contributed by atoms with Crippen LogP contribution in [-0.2, 0) is 0 Å². The van der Waals surface area contributed by atoms with E-state index in [0.29, 0.717) is 5.41 Å². The van der Waals surface area contributed by atoms with Crippen LogP contribution in [0.3, 0.4) is 0 Å². The Bertz CT molecular complexity index is 284. The molecule has 1 aliphatic carbocycles. The Hall–Kier alpha value is -0.520. The van der Waals surface area contributed by atoms with Gasteiger partial charge in [0.05, 0.1) is 0 Å². The second-order valence-corrected chi connectivity index (χ2v) is 5.53. The summed E-state index contributed by atoms with van der Waals surface area (Å²) in [5.74, 6) is 0. The van der Waals surface area contributed by atoms with Gasteiger partial charge >= 0.3 is 0 Å². The molecule has 0 nitrogen and oxygen atoms in total. The molecule has 0 aliphatic heterocycles. The molecule has 1 atom stereocenters. The molecule has 0 heteroatoms. The average molecular weight is 178 g/mol. The highest BCUT2D eigenvalue weighted by Crippen LogP contribution is 2.51. The summed E-state index contributed by atoms with van der Waals surface area (Å²) in [4.78, 5) is 0. The molecule has 0 aromatic carbocycles. The molecule has 13 heavy (non-hydrogen) atoms. The molecule has 74 valence electrons. The van der Waals surface area contributed by atoms with Crippen LogP contribution >= 0.6 is 0 Å². The van der Waals surface area contributed by atoms with Crippen LogP contribution in [0.5, 0.6) is 0 Å². The van der Waals surface area contributed by atoms with E-state index in [1.165, 1.54) is 16.7 Å². The second-order valence-electron chi connectivity index (χ2n) is 5.53. The largest absolute Gasteiger partial charge is 0.0708 e. The van der Waals surface area contributed by atoms with Crippen LogP contribution in [0.25, 0.3) is 0 Å². The van der Waals surface area contributed by atoms with Crippen molar-refractivity contribution in [3.63, 3.8) is 0 Å². The van der Waals surface area contributed by atoms with Gasteiger partial charge in [0, 0.05) is 5.41 Å². The predicted octanol–water partition coefficient (Wildman–Crippen LogP) is 4.34. The van der Waals surface area contributed by atoms with E-state index in [4.69, 9.17) is 0 Å². The molecule has 1 aliphatic rings. The molecule has 0 aromatic heterocycles. The van der Waals surface area contributed by atoms with Gasteiger partial charge in [0.15, 0.2) is 0 Å². The van der Waals surface area contributed by atoms with Gasteiger partial charge in [-0.05, 0) is 31.8 Å². The van der Waals surface area contributed by atoms with E-state index in [0.717, 1.165) is 0 Å².